The lowest BCUT2D eigenvalue weighted by molar-refractivity contribution is -0.140. The van der Waals surface area contributed by atoms with E-state index in [2.05, 4.69) is 12.2 Å². The highest BCUT2D eigenvalue weighted by Gasteiger charge is 2.67. The fourth-order valence-corrected chi connectivity index (χ4v) is 6.41. The zero-order valence-electron chi connectivity index (χ0n) is 17.6. The fourth-order valence-electron chi connectivity index (χ4n) is 6.20. The summed E-state index contributed by atoms with van der Waals surface area (Å²) in [6.45, 7) is 1.81. The van der Waals surface area contributed by atoms with Gasteiger partial charge in [0.05, 0.1) is 22.4 Å². The summed E-state index contributed by atoms with van der Waals surface area (Å²) in [5.74, 6) is 0.214. The van der Waals surface area contributed by atoms with Crippen LogP contribution in [0.1, 0.15) is 22.3 Å². The minimum Gasteiger partial charge on any atom is -0.289 e. The van der Waals surface area contributed by atoms with Crippen LogP contribution in [0.4, 0.5) is 5.69 Å². The Morgan fingerprint density at radius 1 is 0.969 bits per heavy atom. The topological polar surface area (TPSA) is 57.7 Å². The Bertz CT molecular complexity index is 1160. The van der Waals surface area contributed by atoms with Crippen LogP contribution in [0, 0.1) is 42.4 Å². The number of carbonyl (C=O) groups is 3. The van der Waals surface area contributed by atoms with E-state index in [1.807, 2.05) is 31.2 Å². The number of amides is 3. The third kappa shape index (κ3) is 2.73. The van der Waals surface area contributed by atoms with E-state index in [4.69, 9.17) is 11.6 Å². The summed E-state index contributed by atoms with van der Waals surface area (Å²) in [4.78, 5) is 43.4. The average molecular weight is 447 g/mol. The molecule has 6 heteroatoms. The molecule has 5 aliphatic rings. The number of rotatable bonds is 4. The third-order valence-corrected chi connectivity index (χ3v) is 8.12. The lowest BCUT2D eigenvalue weighted by Gasteiger charge is -2.37. The van der Waals surface area contributed by atoms with Gasteiger partial charge in [0.2, 0.25) is 11.8 Å². The SMILES string of the molecule is Cc1ccccc1N(CN1C(=O)C2C3C=CC(C4CC34)C2C1=O)C(=O)c1ccccc1Cl. The molecule has 1 aliphatic heterocycles. The van der Waals surface area contributed by atoms with Crippen LogP contribution in [0.25, 0.3) is 0 Å². The van der Waals surface area contributed by atoms with Gasteiger partial charge in [-0.2, -0.15) is 0 Å². The molecule has 4 aliphatic carbocycles. The zero-order chi connectivity index (χ0) is 22.1. The van der Waals surface area contributed by atoms with Gasteiger partial charge < -0.3 is 0 Å². The van der Waals surface area contributed by atoms with Crippen molar-refractivity contribution in [1.29, 1.82) is 0 Å². The molecule has 3 fully saturated rings. The van der Waals surface area contributed by atoms with Gasteiger partial charge in [0, 0.05) is 5.69 Å². The minimum absolute atomic E-state index is 0.103. The van der Waals surface area contributed by atoms with Gasteiger partial charge in [-0.25, -0.2) is 0 Å². The number of likely N-dealkylation sites (tertiary alicyclic amines) is 1. The molecular formula is C26H23ClN2O3. The zero-order valence-corrected chi connectivity index (χ0v) is 18.4. The molecule has 0 N–H and O–H groups in total. The number of para-hydroxylation sites is 1. The highest BCUT2D eigenvalue weighted by Crippen LogP contribution is 2.65. The molecule has 2 bridgehead atoms. The van der Waals surface area contributed by atoms with E-state index in [-0.39, 0.29) is 48.1 Å². The summed E-state index contributed by atoms with van der Waals surface area (Å²) in [6, 6.07) is 14.3. The fraction of sp³-hybridized carbons (Fsp3) is 0.346. The molecule has 1 heterocycles. The highest BCUT2D eigenvalue weighted by atomic mass is 35.5. The van der Waals surface area contributed by atoms with E-state index in [0.717, 1.165) is 12.0 Å². The first kappa shape index (κ1) is 19.7. The molecule has 6 unspecified atom stereocenters. The first-order valence-corrected chi connectivity index (χ1v) is 11.5. The highest BCUT2D eigenvalue weighted by molar-refractivity contribution is 6.34. The van der Waals surface area contributed by atoms with E-state index in [1.165, 1.54) is 9.80 Å². The molecule has 0 spiro atoms. The maximum atomic E-state index is 13.6. The molecule has 5 nitrogen and oxygen atoms in total. The van der Waals surface area contributed by atoms with Gasteiger partial charge >= 0.3 is 0 Å². The number of hydrogen-bond donors (Lipinski definition) is 0. The van der Waals surface area contributed by atoms with Crippen LogP contribution in [0.2, 0.25) is 5.02 Å². The van der Waals surface area contributed by atoms with Crippen molar-refractivity contribution < 1.29 is 14.4 Å². The van der Waals surface area contributed by atoms with Crippen molar-refractivity contribution in [2.75, 3.05) is 11.6 Å². The smallest absolute Gasteiger partial charge is 0.261 e. The number of anilines is 1. The second-order valence-corrected chi connectivity index (χ2v) is 9.81. The van der Waals surface area contributed by atoms with Crippen LogP contribution in [-0.2, 0) is 9.59 Å². The molecule has 0 aromatic heterocycles. The number of benzene rings is 2. The Kier molecular flexibility index (Phi) is 4.34. The molecule has 2 aromatic rings. The van der Waals surface area contributed by atoms with Gasteiger partial charge in [0.25, 0.3) is 5.91 Å². The van der Waals surface area contributed by atoms with Gasteiger partial charge in [-0.1, -0.05) is 54.1 Å². The van der Waals surface area contributed by atoms with E-state index in [0.29, 0.717) is 28.1 Å². The number of carbonyl (C=O) groups excluding carboxylic acids is 3. The first-order chi connectivity index (χ1) is 15.5. The summed E-state index contributed by atoms with van der Waals surface area (Å²) in [5.41, 5.74) is 1.89. The normalized spacial score (nSPS) is 31.5. The van der Waals surface area contributed by atoms with Crippen LogP contribution in [-0.4, -0.2) is 29.3 Å². The summed E-state index contributed by atoms with van der Waals surface area (Å²) >= 11 is 6.33. The van der Waals surface area contributed by atoms with Gasteiger partial charge in [-0.05, 0) is 60.8 Å². The molecule has 162 valence electrons. The molecular weight excluding hydrogens is 424 g/mol. The second-order valence-electron chi connectivity index (χ2n) is 9.40. The van der Waals surface area contributed by atoms with Gasteiger partial charge in [-0.3, -0.25) is 24.2 Å². The quantitative estimate of drug-likeness (QED) is 0.519. The van der Waals surface area contributed by atoms with Gasteiger partial charge in [0.15, 0.2) is 0 Å². The van der Waals surface area contributed by atoms with Crippen molar-refractivity contribution in [3.05, 3.63) is 76.8 Å². The summed E-state index contributed by atoms with van der Waals surface area (Å²) in [7, 11) is 0. The van der Waals surface area contributed by atoms with Crippen molar-refractivity contribution in [2.24, 2.45) is 35.5 Å². The van der Waals surface area contributed by atoms with Crippen LogP contribution < -0.4 is 4.90 Å². The maximum absolute atomic E-state index is 13.6. The van der Waals surface area contributed by atoms with E-state index < -0.39 is 0 Å². The standard InChI is InChI=1S/C26H23ClN2O3/c1-14-6-2-5-9-21(14)28(24(30)17-7-3-4-8-20(17)27)13-29-25(31)22-15-10-11-16(19-12-18(15)19)23(22)26(29)32/h2-11,15-16,18-19,22-23H,12-13H2,1H3. The lowest BCUT2D eigenvalue weighted by atomic mass is 9.63. The van der Waals surface area contributed by atoms with Crippen molar-refractivity contribution >= 4 is 35.0 Å². The van der Waals surface area contributed by atoms with E-state index in [9.17, 15) is 14.4 Å². The molecule has 3 amide bonds. The number of halogens is 1. The molecule has 2 saturated carbocycles. The number of imide groups is 1. The van der Waals surface area contributed by atoms with Gasteiger partial charge in [0.1, 0.15) is 6.67 Å². The van der Waals surface area contributed by atoms with Crippen molar-refractivity contribution in [3.63, 3.8) is 0 Å². The summed E-state index contributed by atoms with van der Waals surface area (Å²) in [5, 5.41) is 0.339. The Hall–Kier alpha value is -2.92. The van der Waals surface area contributed by atoms with Crippen molar-refractivity contribution in [3.8, 4) is 0 Å². The molecule has 6 atom stereocenters. The minimum atomic E-state index is -0.329. The Balaban J connectivity index is 1.37. The first-order valence-electron chi connectivity index (χ1n) is 11.1. The second kappa shape index (κ2) is 7.04. The third-order valence-electron chi connectivity index (χ3n) is 7.79. The van der Waals surface area contributed by atoms with E-state index >= 15 is 0 Å². The number of hydrogen-bond acceptors (Lipinski definition) is 3. The Morgan fingerprint density at radius 2 is 1.56 bits per heavy atom. The number of aryl methyl sites for hydroxylation is 1. The Morgan fingerprint density at radius 3 is 2.19 bits per heavy atom. The van der Waals surface area contributed by atoms with Gasteiger partial charge in [-0.15, -0.1) is 0 Å². The van der Waals surface area contributed by atoms with Crippen LogP contribution >= 0.6 is 11.6 Å². The summed E-state index contributed by atoms with van der Waals surface area (Å²) < 4.78 is 0. The average Bonchev–Trinajstić information content (AvgIpc) is 3.58. The predicted molar refractivity (Wildman–Crippen MR) is 121 cm³/mol. The van der Waals surface area contributed by atoms with Crippen LogP contribution in [0.15, 0.2) is 60.7 Å². The molecule has 32 heavy (non-hydrogen) atoms. The molecule has 2 aromatic carbocycles. The van der Waals surface area contributed by atoms with Crippen molar-refractivity contribution in [1.82, 2.24) is 4.90 Å². The van der Waals surface area contributed by atoms with Crippen LogP contribution in [0.5, 0.6) is 0 Å². The largest absolute Gasteiger partial charge is 0.289 e. The number of allylic oxidation sites excluding steroid dienone is 2. The maximum Gasteiger partial charge on any atom is 0.261 e. The molecule has 1 saturated heterocycles. The molecule has 7 rings (SSSR count). The predicted octanol–water partition coefficient (Wildman–Crippen LogP) is 4.31. The van der Waals surface area contributed by atoms with Crippen LogP contribution in [0.3, 0.4) is 0 Å². The van der Waals surface area contributed by atoms with E-state index in [1.54, 1.807) is 24.3 Å². The van der Waals surface area contributed by atoms with Crippen molar-refractivity contribution in [2.45, 2.75) is 13.3 Å². The number of nitrogens with zero attached hydrogens (tertiary/aromatic N) is 2. The lowest BCUT2D eigenvalue weighted by Crippen LogP contribution is -2.45. The molecule has 0 radical (unpaired) electrons. The Labute approximate surface area is 191 Å². The monoisotopic (exact) mass is 446 g/mol. The summed E-state index contributed by atoms with van der Waals surface area (Å²) in [6.07, 6.45) is 5.43.